The molecular formula is C17H17N3O3S. The lowest BCUT2D eigenvalue weighted by molar-refractivity contribution is -0.116. The zero-order valence-electron chi connectivity index (χ0n) is 13.2. The van der Waals surface area contributed by atoms with Crippen LogP contribution in [0, 0.1) is 6.92 Å². The van der Waals surface area contributed by atoms with Crippen LogP contribution < -0.4 is 5.32 Å². The Kier molecular flexibility index (Phi) is 5.02. The van der Waals surface area contributed by atoms with Gasteiger partial charge in [-0.25, -0.2) is 0 Å². The summed E-state index contributed by atoms with van der Waals surface area (Å²) in [5, 5.41) is 17.9. The Morgan fingerprint density at radius 1 is 1.38 bits per heavy atom. The predicted molar refractivity (Wildman–Crippen MR) is 91.7 cm³/mol. The fourth-order valence-electron chi connectivity index (χ4n) is 2.20. The number of hydrogen-bond acceptors (Lipinski definition) is 6. The molecule has 0 saturated heterocycles. The Morgan fingerprint density at radius 3 is 3.00 bits per heavy atom. The second kappa shape index (κ2) is 7.37. The third-order valence-corrected chi connectivity index (χ3v) is 4.40. The molecular weight excluding hydrogens is 326 g/mol. The number of carbonyl (C=O) groups is 1. The van der Waals surface area contributed by atoms with E-state index < -0.39 is 0 Å². The summed E-state index contributed by atoms with van der Waals surface area (Å²) in [6.07, 6.45) is 0.623. The largest absolute Gasteiger partial charge is 0.392 e. The molecule has 0 bridgehead atoms. The van der Waals surface area contributed by atoms with Gasteiger partial charge in [-0.2, -0.15) is 4.98 Å². The Morgan fingerprint density at radius 2 is 2.25 bits per heavy atom. The minimum Gasteiger partial charge on any atom is -0.392 e. The van der Waals surface area contributed by atoms with Crippen molar-refractivity contribution in [3.05, 3.63) is 52.7 Å². The Labute approximate surface area is 143 Å². The minimum absolute atomic E-state index is 0.0589. The van der Waals surface area contributed by atoms with Crippen molar-refractivity contribution in [1.29, 1.82) is 0 Å². The zero-order valence-corrected chi connectivity index (χ0v) is 14.0. The molecule has 0 fully saturated rings. The number of aryl methyl sites for hydroxylation is 2. The maximum atomic E-state index is 12.1. The van der Waals surface area contributed by atoms with Crippen LogP contribution in [0.5, 0.6) is 0 Å². The molecule has 0 aliphatic rings. The van der Waals surface area contributed by atoms with Crippen molar-refractivity contribution in [2.75, 3.05) is 5.32 Å². The second-order valence-corrected chi connectivity index (χ2v) is 6.29. The van der Waals surface area contributed by atoms with E-state index in [4.69, 9.17) is 4.52 Å². The molecule has 2 N–H and O–H groups in total. The number of benzene rings is 1. The SMILES string of the molecule is Cc1ccc(CO)cc1NC(=O)CCc1nc(-c2cccs2)no1. The first kappa shape index (κ1) is 16.4. The number of nitrogens with zero attached hydrogens (tertiary/aromatic N) is 2. The van der Waals surface area contributed by atoms with Gasteiger partial charge in [0.1, 0.15) is 0 Å². The number of nitrogens with one attached hydrogen (secondary N) is 1. The van der Waals surface area contributed by atoms with Gasteiger partial charge >= 0.3 is 0 Å². The fraction of sp³-hybridized carbons (Fsp3) is 0.235. The van der Waals surface area contributed by atoms with Crippen LogP contribution in [0.1, 0.15) is 23.4 Å². The van der Waals surface area contributed by atoms with Gasteiger partial charge in [0.05, 0.1) is 11.5 Å². The van der Waals surface area contributed by atoms with E-state index in [1.807, 2.05) is 36.6 Å². The number of aromatic nitrogens is 2. The molecule has 2 heterocycles. The van der Waals surface area contributed by atoms with Crippen molar-refractivity contribution < 1.29 is 14.4 Å². The lowest BCUT2D eigenvalue weighted by Crippen LogP contribution is -2.13. The van der Waals surface area contributed by atoms with Crippen LogP contribution in [-0.4, -0.2) is 21.2 Å². The molecule has 24 heavy (non-hydrogen) atoms. The maximum Gasteiger partial charge on any atom is 0.227 e. The van der Waals surface area contributed by atoms with Crippen molar-refractivity contribution in [3.8, 4) is 10.7 Å². The van der Waals surface area contributed by atoms with Gasteiger partial charge in [-0.1, -0.05) is 23.4 Å². The first-order valence-corrected chi connectivity index (χ1v) is 8.40. The fourth-order valence-corrected chi connectivity index (χ4v) is 2.85. The number of anilines is 1. The molecule has 0 spiro atoms. The minimum atomic E-state index is -0.135. The van der Waals surface area contributed by atoms with Gasteiger partial charge in [-0.3, -0.25) is 4.79 Å². The molecule has 3 rings (SSSR count). The van der Waals surface area contributed by atoms with Crippen LogP contribution >= 0.6 is 11.3 Å². The van der Waals surface area contributed by atoms with E-state index in [-0.39, 0.29) is 18.9 Å². The van der Waals surface area contributed by atoms with Gasteiger partial charge in [-0.05, 0) is 35.6 Å². The van der Waals surface area contributed by atoms with Crippen molar-refractivity contribution in [3.63, 3.8) is 0 Å². The summed E-state index contributed by atoms with van der Waals surface area (Å²) in [7, 11) is 0. The highest BCUT2D eigenvalue weighted by Crippen LogP contribution is 2.22. The molecule has 6 nitrogen and oxygen atoms in total. The Bertz CT molecular complexity index is 827. The summed E-state index contributed by atoms with van der Waals surface area (Å²) in [5.41, 5.74) is 2.41. The summed E-state index contributed by atoms with van der Waals surface area (Å²) < 4.78 is 5.18. The average Bonchev–Trinajstić information content (AvgIpc) is 3.26. The van der Waals surface area contributed by atoms with E-state index in [1.165, 1.54) is 11.3 Å². The van der Waals surface area contributed by atoms with E-state index in [9.17, 15) is 9.90 Å². The van der Waals surface area contributed by atoms with E-state index >= 15 is 0 Å². The molecule has 1 amide bonds. The first-order chi connectivity index (χ1) is 11.7. The van der Waals surface area contributed by atoms with E-state index in [2.05, 4.69) is 15.5 Å². The van der Waals surface area contributed by atoms with Crippen molar-refractivity contribution in [1.82, 2.24) is 10.1 Å². The molecule has 0 unspecified atom stereocenters. The predicted octanol–water partition coefficient (Wildman–Crippen LogP) is 3.17. The van der Waals surface area contributed by atoms with E-state index in [1.54, 1.807) is 6.07 Å². The number of aliphatic hydroxyl groups is 1. The molecule has 0 saturated carbocycles. The Hall–Kier alpha value is -2.51. The van der Waals surface area contributed by atoms with E-state index in [0.29, 0.717) is 23.8 Å². The monoisotopic (exact) mass is 343 g/mol. The highest BCUT2D eigenvalue weighted by molar-refractivity contribution is 7.13. The van der Waals surface area contributed by atoms with E-state index in [0.717, 1.165) is 16.0 Å². The van der Waals surface area contributed by atoms with Crippen LogP contribution in [0.15, 0.2) is 40.2 Å². The van der Waals surface area contributed by atoms with Gasteiger partial charge < -0.3 is 14.9 Å². The van der Waals surface area contributed by atoms with Gasteiger partial charge in [0, 0.05) is 18.5 Å². The quantitative estimate of drug-likeness (QED) is 0.718. The van der Waals surface area contributed by atoms with Crippen molar-refractivity contribution in [2.45, 2.75) is 26.4 Å². The second-order valence-electron chi connectivity index (χ2n) is 5.34. The molecule has 0 radical (unpaired) electrons. The molecule has 0 atom stereocenters. The number of thiophene rings is 1. The summed E-state index contributed by atoms with van der Waals surface area (Å²) in [5.74, 6) is 0.852. The average molecular weight is 343 g/mol. The number of carbonyl (C=O) groups excluding carboxylic acids is 1. The normalized spacial score (nSPS) is 10.8. The summed E-state index contributed by atoms with van der Waals surface area (Å²) in [4.78, 5) is 17.3. The molecule has 1 aromatic carbocycles. The van der Waals surface area contributed by atoms with Crippen LogP contribution in [-0.2, 0) is 17.8 Å². The van der Waals surface area contributed by atoms with Gasteiger partial charge in [-0.15, -0.1) is 11.3 Å². The zero-order chi connectivity index (χ0) is 16.9. The van der Waals surface area contributed by atoms with Crippen molar-refractivity contribution >= 4 is 22.9 Å². The maximum absolute atomic E-state index is 12.1. The molecule has 3 aromatic rings. The van der Waals surface area contributed by atoms with Crippen LogP contribution in [0.2, 0.25) is 0 Å². The Balaban J connectivity index is 1.58. The van der Waals surface area contributed by atoms with Gasteiger partial charge in [0.2, 0.25) is 17.6 Å². The molecule has 0 aliphatic heterocycles. The number of hydrogen-bond donors (Lipinski definition) is 2. The number of rotatable bonds is 6. The summed E-state index contributed by atoms with van der Waals surface area (Å²) >= 11 is 1.54. The molecule has 124 valence electrons. The molecule has 0 aliphatic carbocycles. The lowest BCUT2D eigenvalue weighted by Gasteiger charge is -2.09. The lowest BCUT2D eigenvalue weighted by atomic mass is 10.1. The highest BCUT2D eigenvalue weighted by atomic mass is 32.1. The first-order valence-electron chi connectivity index (χ1n) is 7.52. The third kappa shape index (κ3) is 3.87. The van der Waals surface area contributed by atoms with Crippen LogP contribution in [0.25, 0.3) is 10.7 Å². The molecule has 2 aromatic heterocycles. The highest BCUT2D eigenvalue weighted by Gasteiger charge is 2.12. The number of aliphatic hydroxyl groups excluding tert-OH is 1. The standard InChI is InChI=1S/C17H17N3O3S/c1-11-4-5-12(10-21)9-13(11)18-15(22)6-7-16-19-17(20-23-16)14-3-2-8-24-14/h2-5,8-9,21H,6-7,10H2,1H3,(H,18,22). The smallest absolute Gasteiger partial charge is 0.227 e. The molecule has 7 heteroatoms. The topological polar surface area (TPSA) is 88.2 Å². The number of amides is 1. The van der Waals surface area contributed by atoms with Gasteiger partial charge in [0.25, 0.3) is 0 Å². The third-order valence-electron chi connectivity index (χ3n) is 3.53. The van der Waals surface area contributed by atoms with Crippen LogP contribution in [0.4, 0.5) is 5.69 Å². The van der Waals surface area contributed by atoms with Gasteiger partial charge in [0.15, 0.2) is 0 Å². The summed E-state index contributed by atoms with van der Waals surface area (Å²) in [6.45, 7) is 1.85. The van der Waals surface area contributed by atoms with Crippen molar-refractivity contribution in [2.24, 2.45) is 0 Å². The summed E-state index contributed by atoms with van der Waals surface area (Å²) in [6, 6.07) is 9.31. The van der Waals surface area contributed by atoms with Crippen LogP contribution in [0.3, 0.4) is 0 Å².